The van der Waals surface area contributed by atoms with E-state index in [0.29, 0.717) is 12.2 Å². The lowest BCUT2D eigenvalue weighted by Crippen LogP contribution is -2.18. The Labute approximate surface area is 127 Å². The Hall–Kier alpha value is -1.83. The molecule has 112 valence electrons. The van der Waals surface area contributed by atoms with Gasteiger partial charge in [0.15, 0.2) is 0 Å². The van der Waals surface area contributed by atoms with Gasteiger partial charge in [-0.15, -0.1) is 0 Å². The van der Waals surface area contributed by atoms with Crippen molar-refractivity contribution in [2.75, 3.05) is 5.32 Å². The first-order valence-electron chi connectivity index (χ1n) is 6.02. The minimum absolute atomic E-state index is 0.255. The summed E-state index contributed by atoms with van der Waals surface area (Å²) < 4.78 is 40.7. The van der Waals surface area contributed by atoms with E-state index in [-0.39, 0.29) is 4.47 Å². The van der Waals surface area contributed by atoms with Crippen molar-refractivity contribution in [3.05, 3.63) is 46.2 Å². The zero-order valence-corrected chi connectivity index (χ0v) is 12.5. The number of alkyl halides is 3. The molecule has 1 aromatic carbocycles. The molecule has 8 heteroatoms. The fourth-order valence-corrected chi connectivity index (χ4v) is 2.11. The summed E-state index contributed by atoms with van der Waals surface area (Å²) in [4.78, 5) is 12.0. The van der Waals surface area contributed by atoms with E-state index in [2.05, 4.69) is 26.3 Å². The maximum Gasteiger partial charge on any atom is 0.417 e. The van der Waals surface area contributed by atoms with E-state index in [4.69, 9.17) is 0 Å². The summed E-state index contributed by atoms with van der Waals surface area (Å²) in [7, 11) is 0. The van der Waals surface area contributed by atoms with Gasteiger partial charge in [-0.3, -0.25) is 9.48 Å². The number of benzene rings is 1. The minimum atomic E-state index is -4.61. The Balaban J connectivity index is 2.30. The highest BCUT2D eigenvalue weighted by atomic mass is 79.9. The molecule has 0 radical (unpaired) electrons. The summed E-state index contributed by atoms with van der Waals surface area (Å²) in [5.74, 6) is -0.828. The number of carbonyl (C=O) groups is 1. The Morgan fingerprint density at radius 3 is 2.71 bits per heavy atom. The van der Waals surface area contributed by atoms with Crippen LogP contribution in [0.4, 0.5) is 18.9 Å². The first kappa shape index (κ1) is 15.6. The molecule has 0 bridgehead atoms. The third kappa shape index (κ3) is 3.63. The largest absolute Gasteiger partial charge is 0.417 e. The number of halogens is 4. The quantitative estimate of drug-likeness (QED) is 0.899. The van der Waals surface area contributed by atoms with Gasteiger partial charge in [0, 0.05) is 17.2 Å². The fraction of sp³-hybridized carbons (Fsp3) is 0.231. The van der Waals surface area contributed by atoms with Crippen molar-refractivity contribution in [1.29, 1.82) is 0 Å². The SMILES string of the molecule is CCn1cc(NC(=O)c2ccc(Br)cc2C(F)(F)F)cn1. The van der Waals surface area contributed by atoms with Crippen LogP contribution in [0.1, 0.15) is 22.8 Å². The van der Waals surface area contributed by atoms with Gasteiger partial charge in [-0.25, -0.2) is 0 Å². The Morgan fingerprint density at radius 2 is 2.14 bits per heavy atom. The number of anilines is 1. The van der Waals surface area contributed by atoms with Crippen LogP contribution in [0.2, 0.25) is 0 Å². The Morgan fingerprint density at radius 1 is 1.43 bits per heavy atom. The summed E-state index contributed by atoms with van der Waals surface area (Å²) >= 11 is 2.97. The molecule has 1 amide bonds. The Bertz CT molecular complexity index is 667. The van der Waals surface area contributed by atoms with Gasteiger partial charge < -0.3 is 5.32 Å². The zero-order valence-electron chi connectivity index (χ0n) is 10.9. The van der Waals surface area contributed by atoms with Crippen LogP contribution in [0.25, 0.3) is 0 Å². The molecule has 0 saturated heterocycles. The molecule has 21 heavy (non-hydrogen) atoms. The summed E-state index contributed by atoms with van der Waals surface area (Å²) in [6, 6.07) is 3.40. The van der Waals surface area contributed by atoms with Crippen molar-refractivity contribution in [2.45, 2.75) is 19.6 Å². The lowest BCUT2D eigenvalue weighted by Gasteiger charge is -2.12. The monoisotopic (exact) mass is 361 g/mol. The van der Waals surface area contributed by atoms with Crippen molar-refractivity contribution < 1.29 is 18.0 Å². The van der Waals surface area contributed by atoms with Crippen LogP contribution in [-0.2, 0) is 12.7 Å². The summed E-state index contributed by atoms with van der Waals surface area (Å²) in [5, 5.41) is 6.35. The highest BCUT2D eigenvalue weighted by Gasteiger charge is 2.35. The lowest BCUT2D eigenvalue weighted by molar-refractivity contribution is -0.137. The van der Waals surface area contributed by atoms with Crippen molar-refractivity contribution in [1.82, 2.24) is 9.78 Å². The molecule has 0 unspecified atom stereocenters. The normalized spacial score (nSPS) is 11.5. The van der Waals surface area contributed by atoms with Gasteiger partial charge in [-0.1, -0.05) is 15.9 Å². The van der Waals surface area contributed by atoms with Gasteiger partial charge in [0.05, 0.1) is 23.0 Å². The van der Waals surface area contributed by atoms with E-state index in [1.165, 1.54) is 12.3 Å². The van der Waals surface area contributed by atoms with Crippen LogP contribution < -0.4 is 5.32 Å². The fourth-order valence-electron chi connectivity index (χ4n) is 1.75. The molecule has 2 rings (SSSR count). The number of nitrogens with zero attached hydrogens (tertiary/aromatic N) is 2. The van der Waals surface area contributed by atoms with Gasteiger partial charge in [0.2, 0.25) is 0 Å². The van der Waals surface area contributed by atoms with Crippen LogP contribution >= 0.6 is 15.9 Å². The smallest absolute Gasteiger partial charge is 0.319 e. The predicted octanol–water partition coefficient (Wildman–Crippen LogP) is 3.94. The first-order chi connectivity index (χ1) is 9.81. The molecule has 0 fully saturated rings. The first-order valence-corrected chi connectivity index (χ1v) is 6.81. The number of aromatic nitrogens is 2. The summed E-state index contributed by atoms with van der Waals surface area (Å²) in [6.45, 7) is 2.46. The predicted molar refractivity (Wildman–Crippen MR) is 75.0 cm³/mol. The number of amides is 1. The molecular formula is C13H11BrF3N3O. The van der Waals surface area contributed by atoms with Crippen LogP contribution in [0.5, 0.6) is 0 Å². The van der Waals surface area contributed by atoms with E-state index in [1.807, 2.05) is 6.92 Å². The third-order valence-electron chi connectivity index (χ3n) is 2.75. The van der Waals surface area contributed by atoms with Crippen molar-refractivity contribution in [3.63, 3.8) is 0 Å². The summed E-state index contributed by atoms with van der Waals surface area (Å²) in [5.41, 5.74) is -1.08. The van der Waals surface area contributed by atoms with Crippen molar-refractivity contribution >= 4 is 27.5 Å². The molecule has 4 nitrogen and oxygen atoms in total. The molecule has 0 spiro atoms. The van der Waals surface area contributed by atoms with E-state index in [0.717, 1.165) is 12.1 Å². The van der Waals surface area contributed by atoms with Gasteiger partial charge in [-0.2, -0.15) is 18.3 Å². The van der Waals surface area contributed by atoms with Crippen LogP contribution in [0, 0.1) is 0 Å². The number of rotatable bonds is 3. The maximum atomic E-state index is 13.0. The number of hydrogen-bond donors (Lipinski definition) is 1. The van der Waals surface area contributed by atoms with Crippen LogP contribution in [0.15, 0.2) is 35.1 Å². The van der Waals surface area contributed by atoms with Gasteiger partial charge >= 0.3 is 6.18 Å². The molecule has 0 aliphatic carbocycles. The second-order valence-corrected chi connectivity index (χ2v) is 5.14. The van der Waals surface area contributed by atoms with Gasteiger partial charge in [0.1, 0.15) is 0 Å². The van der Waals surface area contributed by atoms with E-state index < -0.39 is 23.2 Å². The second-order valence-electron chi connectivity index (χ2n) is 4.23. The maximum absolute atomic E-state index is 13.0. The topological polar surface area (TPSA) is 46.9 Å². The molecule has 2 aromatic rings. The van der Waals surface area contributed by atoms with Gasteiger partial charge in [-0.05, 0) is 25.1 Å². The Kier molecular flexibility index (Phi) is 4.36. The minimum Gasteiger partial charge on any atom is -0.319 e. The van der Waals surface area contributed by atoms with Crippen molar-refractivity contribution in [2.24, 2.45) is 0 Å². The van der Waals surface area contributed by atoms with Gasteiger partial charge in [0.25, 0.3) is 5.91 Å². The number of hydrogen-bond acceptors (Lipinski definition) is 2. The second kappa shape index (κ2) is 5.88. The number of nitrogens with one attached hydrogen (secondary N) is 1. The highest BCUT2D eigenvalue weighted by Crippen LogP contribution is 2.34. The van der Waals surface area contributed by atoms with E-state index >= 15 is 0 Å². The average Bonchev–Trinajstić information content (AvgIpc) is 2.85. The molecule has 0 aliphatic heterocycles. The average molecular weight is 362 g/mol. The molecule has 0 saturated carbocycles. The molecule has 1 aromatic heterocycles. The molecule has 0 atom stereocenters. The van der Waals surface area contributed by atoms with Crippen LogP contribution in [-0.4, -0.2) is 15.7 Å². The van der Waals surface area contributed by atoms with Crippen LogP contribution in [0.3, 0.4) is 0 Å². The number of carbonyl (C=O) groups excluding carboxylic acids is 1. The van der Waals surface area contributed by atoms with E-state index in [9.17, 15) is 18.0 Å². The summed E-state index contributed by atoms with van der Waals surface area (Å²) in [6.07, 6.45) is -1.68. The molecule has 1 heterocycles. The van der Waals surface area contributed by atoms with Crippen molar-refractivity contribution in [3.8, 4) is 0 Å². The lowest BCUT2D eigenvalue weighted by atomic mass is 10.1. The van der Waals surface area contributed by atoms with E-state index in [1.54, 1.807) is 10.9 Å². The molecule has 1 N–H and O–H groups in total. The third-order valence-corrected chi connectivity index (χ3v) is 3.24. The zero-order chi connectivity index (χ0) is 15.6. The molecule has 0 aliphatic rings. The molecular weight excluding hydrogens is 351 g/mol. The highest BCUT2D eigenvalue weighted by molar-refractivity contribution is 9.10. The number of aryl methyl sites for hydroxylation is 1. The standard InChI is InChI=1S/C13H11BrF3N3O/c1-2-20-7-9(6-18-20)19-12(21)10-4-3-8(14)5-11(10)13(15,16)17/h3-7H,2H2,1H3,(H,19,21).